The van der Waals surface area contributed by atoms with E-state index in [1.54, 1.807) is 6.92 Å². The van der Waals surface area contributed by atoms with E-state index in [0.29, 0.717) is 13.0 Å². The van der Waals surface area contributed by atoms with E-state index in [9.17, 15) is 4.79 Å². The van der Waals surface area contributed by atoms with Crippen molar-refractivity contribution in [2.45, 2.75) is 45.6 Å². The summed E-state index contributed by atoms with van der Waals surface area (Å²) in [4.78, 5) is 11.4. The third-order valence-electron chi connectivity index (χ3n) is 3.49. The van der Waals surface area contributed by atoms with Crippen molar-refractivity contribution < 1.29 is 14.3 Å². The van der Waals surface area contributed by atoms with Crippen molar-refractivity contribution in [1.82, 2.24) is 0 Å². The van der Waals surface area contributed by atoms with Gasteiger partial charge in [0.05, 0.1) is 13.7 Å². The van der Waals surface area contributed by atoms with Crippen molar-refractivity contribution in [1.29, 1.82) is 0 Å². The van der Waals surface area contributed by atoms with Gasteiger partial charge in [-0.1, -0.05) is 6.07 Å². The minimum atomic E-state index is -0.908. The highest BCUT2D eigenvalue weighted by Crippen LogP contribution is 2.17. The van der Waals surface area contributed by atoms with E-state index in [-0.39, 0.29) is 5.97 Å². The number of hydrogen-bond donors (Lipinski definition) is 1. The zero-order chi connectivity index (χ0) is 15.2. The monoisotopic (exact) mass is 279 g/mol. The summed E-state index contributed by atoms with van der Waals surface area (Å²) in [6.07, 6.45) is 2.28. The average Bonchev–Trinajstić information content (AvgIpc) is 2.41. The number of nitrogens with two attached hydrogens (primary N) is 1. The molecular weight excluding hydrogens is 254 g/mol. The second kappa shape index (κ2) is 7.29. The maximum Gasteiger partial charge on any atom is 0.325 e. The molecule has 0 aliphatic carbocycles. The van der Waals surface area contributed by atoms with E-state index < -0.39 is 5.54 Å². The summed E-state index contributed by atoms with van der Waals surface area (Å²) in [5.74, 6) is 0.518. The number of carbonyl (C=O) groups excluding carboxylic acids is 1. The molecule has 0 spiro atoms. The maximum atomic E-state index is 11.4. The van der Waals surface area contributed by atoms with Crippen LogP contribution < -0.4 is 10.5 Å². The summed E-state index contributed by atoms with van der Waals surface area (Å²) >= 11 is 0. The number of esters is 1. The zero-order valence-corrected chi connectivity index (χ0v) is 12.9. The van der Waals surface area contributed by atoms with Crippen LogP contribution in [0.5, 0.6) is 5.75 Å². The molecule has 0 saturated carbocycles. The molecule has 1 rings (SSSR count). The van der Waals surface area contributed by atoms with Crippen molar-refractivity contribution in [2.75, 3.05) is 13.7 Å². The fourth-order valence-electron chi connectivity index (χ4n) is 1.92. The molecule has 0 bridgehead atoms. The normalized spacial score (nSPS) is 13.7. The number of aryl methyl sites for hydroxylation is 2. The Bertz CT molecular complexity index is 455. The van der Waals surface area contributed by atoms with E-state index in [1.807, 2.05) is 12.1 Å². The number of benzene rings is 1. The lowest BCUT2D eigenvalue weighted by Crippen LogP contribution is -2.45. The summed E-state index contributed by atoms with van der Waals surface area (Å²) in [5.41, 5.74) is 7.46. The number of methoxy groups -OCH3 is 1. The lowest BCUT2D eigenvalue weighted by atomic mass is 9.96. The summed E-state index contributed by atoms with van der Waals surface area (Å²) in [6, 6.07) is 6.07. The molecule has 112 valence electrons. The standard InChI is InChI=1S/C16H25NO3/c1-12-7-8-14(11-13(12)2)20-10-6-5-9-16(3,17)15(18)19-4/h7-8,11H,5-6,9-10,17H2,1-4H3. The molecule has 1 atom stereocenters. The van der Waals surface area contributed by atoms with Crippen molar-refractivity contribution in [3.05, 3.63) is 29.3 Å². The van der Waals surface area contributed by atoms with Crippen LogP contribution in [0.4, 0.5) is 0 Å². The second-order valence-corrected chi connectivity index (χ2v) is 5.46. The van der Waals surface area contributed by atoms with Gasteiger partial charge in [-0.15, -0.1) is 0 Å². The maximum absolute atomic E-state index is 11.4. The van der Waals surface area contributed by atoms with Gasteiger partial charge in [0, 0.05) is 0 Å². The van der Waals surface area contributed by atoms with E-state index in [2.05, 4.69) is 24.7 Å². The van der Waals surface area contributed by atoms with Gasteiger partial charge in [-0.05, 0) is 63.3 Å². The van der Waals surface area contributed by atoms with Gasteiger partial charge in [-0.25, -0.2) is 0 Å². The first-order valence-corrected chi connectivity index (χ1v) is 6.94. The van der Waals surface area contributed by atoms with Gasteiger partial charge in [0.1, 0.15) is 11.3 Å². The van der Waals surface area contributed by atoms with E-state index in [1.165, 1.54) is 18.2 Å². The van der Waals surface area contributed by atoms with Gasteiger partial charge < -0.3 is 15.2 Å². The average molecular weight is 279 g/mol. The third-order valence-corrected chi connectivity index (χ3v) is 3.49. The van der Waals surface area contributed by atoms with Crippen LogP contribution in [0.1, 0.15) is 37.3 Å². The van der Waals surface area contributed by atoms with Crippen LogP contribution in [-0.4, -0.2) is 25.2 Å². The Hall–Kier alpha value is -1.55. The number of carbonyl (C=O) groups is 1. The lowest BCUT2D eigenvalue weighted by Gasteiger charge is -2.21. The predicted octanol–water partition coefficient (Wildman–Crippen LogP) is 2.74. The molecule has 4 nitrogen and oxygen atoms in total. The zero-order valence-electron chi connectivity index (χ0n) is 12.9. The van der Waals surface area contributed by atoms with Crippen LogP contribution >= 0.6 is 0 Å². The van der Waals surface area contributed by atoms with Gasteiger partial charge in [-0.2, -0.15) is 0 Å². The van der Waals surface area contributed by atoms with E-state index in [0.717, 1.165) is 18.6 Å². The first-order chi connectivity index (χ1) is 9.36. The number of hydrogen-bond acceptors (Lipinski definition) is 4. The molecule has 0 aliphatic heterocycles. The number of unbranched alkanes of at least 4 members (excludes halogenated alkanes) is 1. The van der Waals surface area contributed by atoms with Crippen LogP contribution in [0, 0.1) is 13.8 Å². The van der Waals surface area contributed by atoms with Crippen LogP contribution in [0.2, 0.25) is 0 Å². The molecule has 0 amide bonds. The third kappa shape index (κ3) is 4.85. The summed E-state index contributed by atoms with van der Waals surface area (Å²) in [7, 11) is 1.36. The molecule has 1 aromatic carbocycles. The first kappa shape index (κ1) is 16.5. The molecule has 0 aliphatic rings. The van der Waals surface area contributed by atoms with Gasteiger partial charge in [0.15, 0.2) is 0 Å². The molecule has 2 N–H and O–H groups in total. The van der Waals surface area contributed by atoms with Crippen molar-refractivity contribution in [3.63, 3.8) is 0 Å². The molecule has 1 aromatic rings. The van der Waals surface area contributed by atoms with Crippen LogP contribution in [-0.2, 0) is 9.53 Å². The molecule has 0 radical (unpaired) electrons. The second-order valence-electron chi connectivity index (χ2n) is 5.46. The molecule has 20 heavy (non-hydrogen) atoms. The van der Waals surface area contributed by atoms with E-state index in [4.69, 9.17) is 10.5 Å². The summed E-state index contributed by atoms with van der Waals surface area (Å²) < 4.78 is 10.4. The molecule has 4 heteroatoms. The van der Waals surface area contributed by atoms with Crippen LogP contribution in [0.25, 0.3) is 0 Å². The Morgan fingerprint density at radius 1 is 1.25 bits per heavy atom. The molecular formula is C16H25NO3. The van der Waals surface area contributed by atoms with Gasteiger partial charge in [-0.3, -0.25) is 4.79 Å². The highest BCUT2D eigenvalue weighted by Gasteiger charge is 2.28. The topological polar surface area (TPSA) is 61.5 Å². The van der Waals surface area contributed by atoms with E-state index >= 15 is 0 Å². The summed E-state index contributed by atoms with van der Waals surface area (Å²) in [6.45, 7) is 6.47. The molecule has 1 unspecified atom stereocenters. The van der Waals surface area contributed by atoms with Gasteiger partial charge in [0.2, 0.25) is 0 Å². The number of ether oxygens (including phenoxy) is 2. The Kier molecular flexibility index (Phi) is 6.02. The highest BCUT2D eigenvalue weighted by molar-refractivity contribution is 5.79. The lowest BCUT2D eigenvalue weighted by molar-refractivity contribution is -0.146. The fraction of sp³-hybridized carbons (Fsp3) is 0.562. The summed E-state index contributed by atoms with van der Waals surface area (Å²) in [5, 5.41) is 0. The Balaban J connectivity index is 2.28. The largest absolute Gasteiger partial charge is 0.494 e. The molecule has 0 fully saturated rings. The minimum absolute atomic E-state index is 0.368. The Morgan fingerprint density at radius 3 is 2.55 bits per heavy atom. The van der Waals surface area contributed by atoms with Crippen LogP contribution in [0.3, 0.4) is 0 Å². The number of rotatable bonds is 7. The Labute approximate surface area is 121 Å². The molecule has 0 saturated heterocycles. The molecule has 0 aromatic heterocycles. The Morgan fingerprint density at radius 2 is 1.95 bits per heavy atom. The van der Waals surface area contributed by atoms with Crippen molar-refractivity contribution in [2.24, 2.45) is 5.73 Å². The van der Waals surface area contributed by atoms with Crippen LogP contribution in [0.15, 0.2) is 18.2 Å². The predicted molar refractivity (Wildman–Crippen MR) is 79.9 cm³/mol. The quantitative estimate of drug-likeness (QED) is 0.616. The minimum Gasteiger partial charge on any atom is -0.494 e. The molecule has 0 heterocycles. The first-order valence-electron chi connectivity index (χ1n) is 6.94. The SMILES string of the molecule is COC(=O)C(C)(N)CCCCOc1ccc(C)c(C)c1. The smallest absolute Gasteiger partial charge is 0.325 e. The highest BCUT2D eigenvalue weighted by atomic mass is 16.5. The van der Waals surface area contributed by atoms with Crippen molar-refractivity contribution in [3.8, 4) is 5.75 Å². The van der Waals surface area contributed by atoms with Crippen molar-refractivity contribution >= 4 is 5.97 Å². The van der Waals surface area contributed by atoms with Gasteiger partial charge in [0.25, 0.3) is 0 Å². The van der Waals surface area contributed by atoms with Gasteiger partial charge >= 0.3 is 5.97 Å². The fourth-order valence-corrected chi connectivity index (χ4v) is 1.92.